The van der Waals surface area contributed by atoms with Gasteiger partial charge in [-0.3, -0.25) is 14.4 Å². The summed E-state index contributed by atoms with van der Waals surface area (Å²) in [5.41, 5.74) is 2.36. The summed E-state index contributed by atoms with van der Waals surface area (Å²) in [5.74, 6) is 0.108. The summed E-state index contributed by atoms with van der Waals surface area (Å²) in [6, 6.07) is 18.1. The number of nitrogens with one attached hydrogen (secondary N) is 1. The van der Waals surface area contributed by atoms with E-state index in [1.807, 2.05) is 49.4 Å². The number of H-pyrrole nitrogens is 1. The molecule has 7 heteroatoms. The van der Waals surface area contributed by atoms with Crippen LogP contribution in [0.5, 0.6) is 0 Å². The third-order valence-electron chi connectivity index (χ3n) is 8.56. The molecule has 0 unspecified atom stereocenters. The minimum absolute atomic E-state index is 0.0165. The van der Waals surface area contributed by atoms with Crippen molar-refractivity contribution in [3.05, 3.63) is 80.3 Å². The van der Waals surface area contributed by atoms with Crippen LogP contribution < -0.4 is 9.77 Å². The average Bonchev–Trinajstić information content (AvgIpc) is 3.42. The molecule has 2 amide bonds. The number of carbonyl (C=O) groups is 2. The van der Waals surface area contributed by atoms with Gasteiger partial charge in [-0.15, -0.1) is 11.8 Å². The molecule has 2 aromatic carbocycles. The lowest BCUT2D eigenvalue weighted by molar-refractivity contribution is -0.129. The molecule has 3 heterocycles. The lowest BCUT2D eigenvalue weighted by Gasteiger charge is -2.47. The first-order valence-electron chi connectivity index (χ1n) is 11.9. The van der Waals surface area contributed by atoms with Crippen molar-refractivity contribution in [2.45, 2.75) is 42.4 Å². The molecule has 172 valence electrons. The molecule has 1 saturated heterocycles. The number of fused-ring (bicyclic) bond motifs is 3. The number of imide groups is 1. The first kappa shape index (κ1) is 20.7. The predicted molar refractivity (Wildman–Crippen MR) is 133 cm³/mol. The maximum absolute atomic E-state index is 14.0. The number of aromatic nitrogens is 1. The molecule has 2 aliphatic heterocycles. The van der Waals surface area contributed by atoms with E-state index in [1.54, 1.807) is 11.8 Å². The van der Waals surface area contributed by atoms with Crippen molar-refractivity contribution in [3.8, 4) is 0 Å². The molecule has 1 aromatic heterocycles. The van der Waals surface area contributed by atoms with Crippen LogP contribution in [-0.2, 0) is 9.59 Å². The van der Waals surface area contributed by atoms with E-state index in [0.29, 0.717) is 12.1 Å². The molecule has 3 aromatic rings. The molecular formula is C27H24N2O3S2. The summed E-state index contributed by atoms with van der Waals surface area (Å²) in [6.45, 7) is 2.01. The monoisotopic (exact) mass is 488 g/mol. The number of benzene rings is 2. The summed E-state index contributed by atoms with van der Waals surface area (Å²) < 4.78 is 0. The van der Waals surface area contributed by atoms with Crippen LogP contribution in [0.2, 0.25) is 0 Å². The van der Waals surface area contributed by atoms with E-state index >= 15 is 0 Å². The highest BCUT2D eigenvalue weighted by Crippen LogP contribution is 2.68. The second-order valence-corrected chi connectivity index (χ2v) is 12.4. The SMILES string of the molecule is Cc1ccc(N2C(=O)[C@H]3[C@@H]4CC[C@]3(C[C@H]3[C@H](c5ccccc5)c5sc(=O)[nH]c5S[C@@H]43)C2=O)cc1. The van der Waals surface area contributed by atoms with Crippen molar-refractivity contribution >= 4 is 40.6 Å². The number of rotatable bonds is 2. The fourth-order valence-electron chi connectivity index (χ4n) is 7.23. The number of amides is 2. The highest BCUT2D eigenvalue weighted by molar-refractivity contribution is 8.00. The molecule has 3 fully saturated rings. The second kappa shape index (κ2) is 7.18. The number of hydrogen-bond acceptors (Lipinski definition) is 5. The van der Waals surface area contributed by atoms with Gasteiger partial charge in [0.1, 0.15) is 0 Å². The minimum Gasteiger partial charge on any atom is -0.307 e. The zero-order chi connectivity index (χ0) is 23.2. The summed E-state index contributed by atoms with van der Waals surface area (Å²) in [5, 5.41) is 1.16. The number of aromatic amines is 1. The second-order valence-electron chi connectivity index (χ2n) is 10.2. The molecule has 7 rings (SSSR count). The first-order valence-corrected chi connectivity index (χ1v) is 13.6. The van der Waals surface area contributed by atoms with Gasteiger partial charge in [-0.2, -0.15) is 0 Å². The quantitative estimate of drug-likeness (QED) is 0.518. The summed E-state index contributed by atoms with van der Waals surface area (Å²) in [7, 11) is 0. The third-order valence-corrected chi connectivity index (χ3v) is 11.2. The largest absolute Gasteiger partial charge is 0.307 e. The van der Waals surface area contributed by atoms with E-state index in [2.05, 4.69) is 17.1 Å². The van der Waals surface area contributed by atoms with Crippen molar-refractivity contribution in [1.82, 2.24) is 4.98 Å². The van der Waals surface area contributed by atoms with Crippen LogP contribution in [-0.4, -0.2) is 22.0 Å². The number of thioether (sulfide) groups is 1. The molecule has 6 atom stereocenters. The van der Waals surface area contributed by atoms with Gasteiger partial charge in [0.2, 0.25) is 11.8 Å². The van der Waals surface area contributed by atoms with Crippen molar-refractivity contribution in [1.29, 1.82) is 0 Å². The average molecular weight is 489 g/mol. The normalized spacial score (nSPS) is 33.6. The van der Waals surface area contributed by atoms with Gasteiger partial charge in [0.15, 0.2) is 0 Å². The van der Waals surface area contributed by atoms with E-state index in [4.69, 9.17) is 0 Å². The smallest absolute Gasteiger partial charge is 0.305 e. The molecular weight excluding hydrogens is 464 g/mol. The Labute approximate surface area is 205 Å². The number of hydrogen-bond donors (Lipinski definition) is 1. The molecule has 2 aliphatic carbocycles. The Kier molecular flexibility index (Phi) is 4.38. The Morgan fingerprint density at radius 1 is 1.00 bits per heavy atom. The van der Waals surface area contributed by atoms with Gasteiger partial charge in [0, 0.05) is 16.0 Å². The predicted octanol–water partition coefficient (Wildman–Crippen LogP) is 4.96. The van der Waals surface area contributed by atoms with Crippen molar-refractivity contribution in [2.75, 3.05) is 4.90 Å². The van der Waals surface area contributed by atoms with E-state index in [1.165, 1.54) is 21.8 Å². The molecule has 5 nitrogen and oxygen atoms in total. The molecule has 2 saturated carbocycles. The number of aryl methyl sites for hydroxylation is 1. The van der Waals surface area contributed by atoms with Crippen molar-refractivity contribution in [3.63, 3.8) is 0 Å². The molecule has 2 bridgehead atoms. The third kappa shape index (κ3) is 2.65. The Balaban J connectivity index is 1.35. The van der Waals surface area contributed by atoms with E-state index in [0.717, 1.165) is 28.3 Å². The summed E-state index contributed by atoms with van der Waals surface area (Å²) in [6.07, 6.45) is 2.36. The molecule has 0 spiro atoms. The zero-order valence-electron chi connectivity index (χ0n) is 18.7. The Morgan fingerprint density at radius 3 is 2.53 bits per heavy atom. The fraction of sp³-hybridized carbons (Fsp3) is 0.370. The Hall–Kier alpha value is -2.64. The number of nitrogens with zero attached hydrogens (tertiary/aromatic N) is 1. The molecule has 34 heavy (non-hydrogen) atoms. The fourth-order valence-corrected chi connectivity index (χ4v) is 10.1. The van der Waals surface area contributed by atoms with Gasteiger partial charge in [0.25, 0.3) is 0 Å². The van der Waals surface area contributed by atoms with E-state index in [-0.39, 0.29) is 45.6 Å². The Morgan fingerprint density at radius 2 is 1.76 bits per heavy atom. The zero-order valence-corrected chi connectivity index (χ0v) is 20.3. The summed E-state index contributed by atoms with van der Waals surface area (Å²) in [4.78, 5) is 45.8. The van der Waals surface area contributed by atoms with Crippen molar-refractivity contribution < 1.29 is 9.59 Å². The van der Waals surface area contributed by atoms with Crippen LogP contribution in [0.15, 0.2) is 64.4 Å². The van der Waals surface area contributed by atoms with Crippen LogP contribution in [0.25, 0.3) is 0 Å². The van der Waals surface area contributed by atoms with Gasteiger partial charge < -0.3 is 4.98 Å². The topological polar surface area (TPSA) is 70.2 Å². The standard InChI is InChI=1S/C27H24N2O3S2/c1-14-7-9-16(10-8-14)29-24(30)20-17-11-12-27(20,25(29)31)13-18-19(15-5-3-2-4-6-15)22-23(33-21(17)18)28-26(32)34-22/h2-10,17-21H,11-13H2,1H3,(H,28,32)/t17-,18-,19-,20+,21-,27+/m0/s1. The molecule has 4 aliphatic rings. The Bertz CT molecular complexity index is 1380. The van der Waals surface area contributed by atoms with Crippen LogP contribution in [0, 0.1) is 30.1 Å². The van der Waals surface area contributed by atoms with Crippen LogP contribution in [0.3, 0.4) is 0 Å². The van der Waals surface area contributed by atoms with Gasteiger partial charge in [-0.1, -0.05) is 59.4 Å². The van der Waals surface area contributed by atoms with Gasteiger partial charge in [0.05, 0.1) is 22.0 Å². The van der Waals surface area contributed by atoms with Crippen LogP contribution in [0.4, 0.5) is 5.69 Å². The van der Waals surface area contributed by atoms with E-state index < -0.39 is 5.41 Å². The lowest BCUT2D eigenvalue weighted by Crippen LogP contribution is -2.48. The maximum Gasteiger partial charge on any atom is 0.305 e. The molecule has 0 radical (unpaired) electrons. The number of thiazole rings is 1. The summed E-state index contributed by atoms with van der Waals surface area (Å²) >= 11 is 3.04. The van der Waals surface area contributed by atoms with Gasteiger partial charge in [-0.25, -0.2) is 4.90 Å². The first-order chi connectivity index (χ1) is 16.5. The lowest BCUT2D eigenvalue weighted by atomic mass is 9.61. The maximum atomic E-state index is 14.0. The number of anilines is 1. The molecule has 1 N–H and O–H groups in total. The van der Waals surface area contributed by atoms with Crippen molar-refractivity contribution in [2.24, 2.45) is 23.2 Å². The number of carbonyl (C=O) groups excluding carboxylic acids is 2. The minimum atomic E-state index is -0.625. The van der Waals surface area contributed by atoms with Gasteiger partial charge in [-0.05, 0) is 55.7 Å². The van der Waals surface area contributed by atoms with Crippen LogP contribution in [0.1, 0.15) is 41.2 Å². The van der Waals surface area contributed by atoms with E-state index in [9.17, 15) is 14.4 Å². The highest BCUT2D eigenvalue weighted by Gasteiger charge is 2.71. The van der Waals surface area contributed by atoms with Gasteiger partial charge >= 0.3 is 4.87 Å². The van der Waals surface area contributed by atoms with Crippen LogP contribution >= 0.6 is 23.1 Å². The highest BCUT2D eigenvalue weighted by atomic mass is 32.2.